The Morgan fingerprint density at radius 1 is 1.33 bits per heavy atom. The summed E-state index contributed by atoms with van der Waals surface area (Å²) in [6.45, 7) is 9.62. The van der Waals surface area contributed by atoms with Crippen molar-refractivity contribution in [1.29, 1.82) is 0 Å². The summed E-state index contributed by atoms with van der Waals surface area (Å²) < 4.78 is 12.6. The van der Waals surface area contributed by atoms with Crippen LogP contribution in [0, 0.1) is 5.92 Å². The van der Waals surface area contributed by atoms with E-state index in [9.17, 15) is 9.59 Å². The molecule has 1 atom stereocenters. The number of hydrogen-bond acceptors (Lipinski definition) is 8. The second-order valence-corrected chi connectivity index (χ2v) is 10.3. The summed E-state index contributed by atoms with van der Waals surface area (Å²) in [6.07, 6.45) is 0.137. The molecule has 0 saturated carbocycles. The van der Waals surface area contributed by atoms with Crippen LogP contribution in [0.15, 0.2) is 28.5 Å². The van der Waals surface area contributed by atoms with Gasteiger partial charge in [0, 0.05) is 11.3 Å². The topological polar surface area (TPSA) is 120 Å². The van der Waals surface area contributed by atoms with Crippen LogP contribution in [0.5, 0.6) is 5.75 Å². The second-order valence-electron chi connectivity index (χ2n) is 9.36. The van der Waals surface area contributed by atoms with Gasteiger partial charge in [-0.2, -0.15) is 9.78 Å². The van der Waals surface area contributed by atoms with Crippen molar-refractivity contribution >= 4 is 35.2 Å². The van der Waals surface area contributed by atoms with Crippen molar-refractivity contribution in [3.05, 3.63) is 29.6 Å². The first-order valence-corrected chi connectivity index (χ1v) is 11.8. The van der Waals surface area contributed by atoms with Crippen LogP contribution in [0.25, 0.3) is 0 Å². The summed E-state index contributed by atoms with van der Waals surface area (Å²) >= 11 is 1.51. The minimum absolute atomic E-state index is 0.0124. The highest BCUT2D eigenvalue weighted by Gasteiger charge is 2.29. The summed E-state index contributed by atoms with van der Waals surface area (Å²) in [5, 5.41) is 19.8. The number of amides is 2. The van der Waals surface area contributed by atoms with Gasteiger partial charge in [0.1, 0.15) is 11.4 Å². The zero-order chi connectivity index (χ0) is 23.8. The van der Waals surface area contributed by atoms with E-state index < -0.39 is 17.7 Å². The Hall–Kier alpha value is -3.08. The second kappa shape index (κ2) is 9.05. The van der Waals surface area contributed by atoms with Crippen LogP contribution in [0.4, 0.5) is 10.5 Å². The summed E-state index contributed by atoms with van der Waals surface area (Å²) in [5.74, 6) is 1.88. The van der Waals surface area contributed by atoms with Gasteiger partial charge >= 0.3 is 6.09 Å². The lowest BCUT2D eigenvalue weighted by Gasteiger charge is -2.24. The summed E-state index contributed by atoms with van der Waals surface area (Å²) in [4.78, 5) is 24.2. The van der Waals surface area contributed by atoms with Gasteiger partial charge < -0.3 is 20.1 Å². The molecular formula is C22H28N6O4S. The Bertz CT molecular complexity index is 1100. The molecule has 0 aliphatic carbocycles. The number of carbonyl (C=O) groups is 2. The first-order chi connectivity index (χ1) is 15.6. The van der Waals surface area contributed by atoms with Gasteiger partial charge in [-0.1, -0.05) is 25.6 Å². The van der Waals surface area contributed by atoms with Crippen molar-refractivity contribution in [2.24, 2.45) is 11.0 Å². The maximum absolute atomic E-state index is 12.5. The van der Waals surface area contributed by atoms with E-state index in [0.717, 1.165) is 11.3 Å². The van der Waals surface area contributed by atoms with Gasteiger partial charge in [0.2, 0.25) is 5.16 Å². The highest BCUT2D eigenvalue weighted by atomic mass is 32.2. The molecule has 1 aromatic heterocycles. The number of thioether (sulfide) groups is 1. The van der Waals surface area contributed by atoms with E-state index >= 15 is 0 Å². The van der Waals surface area contributed by atoms with E-state index in [4.69, 9.17) is 14.6 Å². The molecule has 11 heteroatoms. The number of rotatable bonds is 5. The lowest BCUT2D eigenvalue weighted by molar-refractivity contribution is -0.118. The number of nitrogens with zero attached hydrogens (tertiary/aromatic N) is 4. The standard InChI is InChI=1S/C22H28N6O4S/c1-12(2)8-15(24-21(30)32-22(3,4)5)19-25-26-20-28(19)27-16(11-33-20)13-6-7-17-14(9-13)23-18(29)10-31-17/h6-7,9,12,15H,8,10-11H2,1-5H3,(H,23,29)(H,24,30). The Morgan fingerprint density at radius 2 is 2.12 bits per heavy atom. The van der Waals surface area contributed by atoms with Crippen molar-refractivity contribution in [2.45, 2.75) is 57.8 Å². The van der Waals surface area contributed by atoms with Gasteiger partial charge in [-0.25, -0.2) is 4.79 Å². The third-order valence-electron chi connectivity index (χ3n) is 4.85. The van der Waals surface area contributed by atoms with Crippen LogP contribution < -0.4 is 15.4 Å². The molecule has 0 fully saturated rings. The monoisotopic (exact) mass is 472 g/mol. The number of carbonyl (C=O) groups excluding carboxylic acids is 2. The number of anilines is 1. The predicted molar refractivity (Wildman–Crippen MR) is 125 cm³/mol. The van der Waals surface area contributed by atoms with Crippen molar-refractivity contribution < 1.29 is 19.1 Å². The van der Waals surface area contributed by atoms with Gasteiger partial charge in [-0.05, 0) is 51.3 Å². The molecule has 1 aromatic carbocycles. The molecule has 1 unspecified atom stereocenters. The minimum Gasteiger partial charge on any atom is -0.482 e. The van der Waals surface area contributed by atoms with E-state index in [2.05, 4.69) is 34.7 Å². The summed E-state index contributed by atoms with van der Waals surface area (Å²) in [7, 11) is 0. The average molecular weight is 473 g/mol. The molecule has 10 nitrogen and oxygen atoms in total. The number of hydrogen-bond donors (Lipinski definition) is 2. The molecule has 3 heterocycles. The molecule has 33 heavy (non-hydrogen) atoms. The average Bonchev–Trinajstić information content (AvgIpc) is 3.14. The molecular weight excluding hydrogens is 444 g/mol. The van der Waals surface area contributed by atoms with E-state index in [0.29, 0.717) is 40.5 Å². The third-order valence-corrected chi connectivity index (χ3v) is 5.78. The highest BCUT2D eigenvalue weighted by Crippen LogP contribution is 2.32. The van der Waals surface area contributed by atoms with Crippen LogP contribution >= 0.6 is 11.8 Å². The van der Waals surface area contributed by atoms with E-state index in [1.165, 1.54) is 11.8 Å². The number of ether oxygens (including phenoxy) is 2. The third kappa shape index (κ3) is 5.47. The number of aromatic nitrogens is 3. The van der Waals surface area contributed by atoms with Gasteiger partial charge in [-0.15, -0.1) is 10.2 Å². The van der Waals surface area contributed by atoms with Crippen molar-refractivity contribution in [2.75, 3.05) is 17.7 Å². The summed E-state index contributed by atoms with van der Waals surface area (Å²) in [6, 6.07) is 5.17. The van der Waals surface area contributed by atoms with E-state index in [1.54, 1.807) is 4.68 Å². The van der Waals surface area contributed by atoms with Crippen LogP contribution in [-0.4, -0.2) is 50.5 Å². The number of fused-ring (bicyclic) bond motifs is 2. The van der Waals surface area contributed by atoms with Crippen molar-refractivity contribution in [3.63, 3.8) is 0 Å². The zero-order valence-electron chi connectivity index (χ0n) is 19.3. The van der Waals surface area contributed by atoms with Crippen molar-refractivity contribution in [1.82, 2.24) is 20.2 Å². The van der Waals surface area contributed by atoms with Gasteiger partial charge in [0.25, 0.3) is 5.91 Å². The fourth-order valence-corrected chi connectivity index (χ4v) is 4.36. The van der Waals surface area contributed by atoms with Crippen LogP contribution in [0.2, 0.25) is 0 Å². The van der Waals surface area contributed by atoms with Gasteiger partial charge in [-0.3, -0.25) is 4.79 Å². The molecule has 0 bridgehead atoms. The molecule has 2 aliphatic heterocycles. The van der Waals surface area contributed by atoms with Crippen LogP contribution in [-0.2, 0) is 9.53 Å². The largest absolute Gasteiger partial charge is 0.482 e. The first kappa shape index (κ1) is 23.1. The molecule has 2 aromatic rings. The normalized spacial score (nSPS) is 16.2. The van der Waals surface area contributed by atoms with Crippen LogP contribution in [0.3, 0.4) is 0 Å². The fourth-order valence-electron chi connectivity index (χ4n) is 3.51. The Kier molecular flexibility index (Phi) is 6.33. The maximum atomic E-state index is 12.5. The predicted octanol–water partition coefficient (Wildman–Crippen LogP) is 3.58. The number of alkyl carbamates (subject to hydrolysis) is 1. The molecule has 2 N–H and O–H groups in total. The number of benzene rings is 1. The van der Waals surface area contributed by atoms with Gasteiger partial charge in [0.05, 0.1) is 17.4 Å². The Labute approximate surface area is 196 Å². The van der Waals surface area contributed by atoms with E-state index in [-0.39, 0.29) is 12.5 Å². The molecule has 0 saturated heterocycles. The van der Waals surface area contributed by atoms with Gasteiger partial charge in [0.15, 0.2) is 12.4 Å². The molecule has 176 valence electrons. The quantitative estimate of drug-likeness (QED) is 0.682. The number of nitrogens with one attached hydrogen (secondary N) is 2. The molecule has 4 rings (SSSR count). The minimum atomic E-state index is -0.608. The SMILES string of the molecule is CC(C)CC(NC(=O)OC(C)(C)C)c1nnc2n1N=C(c1ccc3c(c1)NC(=O)CO3)CS2. The van der Waals surface area contributed by atoms with Crippen molar-refractivity contribution in [3.8, 4) is 5.75 Å². The lowest BCUT2D eigenvalue weighted by Crippen LogP contribution is -2.36. The first-order valence-electron chi connectivity index (χ1n) is 10.8. The maximum Gasteiger partial charge on any atom is 0.408 e. The van der Waals surface area contributed by atoms with Crippen LogP contribution in [0.1, 0.15) is 58.5 Å². The highest BCUT2D eigenvalue weighted by molar-refractivity contribution is 7.99. The zero-order valence-corrected chi connectivity index (χ0v) is 20.2. The Morgan fingerprint density at radius 3 is 2.85 bits per heavy atom. The molecule has 0 spiro atoms. The van der Waals surface area contributed by atoms with E-state index in [1.807, 2.05) is 39.0 Å². The smallest absolute Gasteiger partial charge is 0.408 e. The molecule has 2 amide bonds. The summed E-state index contributed by atoms with van der Waals surface area (Å²) in [5.41, 5.74) is 1.67. The molecule has 2 aliphatic rings. The lowest BCUT2D eigenvalue weighted by atomic mass is 10.0. The fraction of sp³-hybridized carbons (Fsp3) is 0.500. The Balaban J connectivity index is 1.64. The molecule has 0 radical (unpaired) electrons.